The number of aliphatic hydroxyl groups is 1. The van der Waals surface area contributed by atoms with E-state index >= 15 is 0 Å². The summed E-state index contributed by atoms with van der Waals surface area (Å²) >= 11 is 4.08. The lowest BCUT2D eigenvalue weighted by atomic mass is 10.4. The second kappa shape index (κ2) is 5.88. The molecule has 0 aromatic carbocycles. The Bertz CT molecular complexity index is 214. The van der Waals surface area contributed by atoms with Crippen molar-refractivity contribution in [3.63, 3.8) is 0 Å². The van der Waals surface area contributed by atoms with Crippen molar-refractivity contribution in [2.75, 3.05) is 27.2 Å². The summed E-state index contributed by atoms with van der Waals surface area (Å²) in [5.41, 5.74) is 0.677. The number of likely N-dealkylation sites (N-methyl/N-ethyl adjacent to an activating group) is 1. The summed E-state index contributed by atoms with van der Waals surface area (Å²) in [7, 11) is 3.33. The van der Waals surface area contributed by atoms with Gasteiger partial charge in [0.1, 0.15) is 0 Å². The van der Waals surface area contributed by atoms with E-state index < -0.39 is 0 Å². The van der Waals surface area contributed by atoms with Crippen molar-refractivity contribution in [1.29, 1.82) is 0 Å². The van der Waals surface area contributed by atoms with Crippen molar-refractivity contribution >= 4 is 18.5 Å². The molecule has 2 N–H and O–H groups in total. The standard InChI is InChI=1S/C8H16N2O2S/c1-6(9-4-5-11)7(13)8(12)10(2)3/h9,11,13H,4-5H2,1-3H3/b7-6-. The lowest BCUT2D eigenvalue weighted by molar-refractivity contribution is -0.124. The normalized spacial score (nSPS) is 12.1. The van der Waals surface area contributed by atoms with Gasteiger partial charge in [-0.05, 0) is 6.92 Å². The van der Waals surface area contributed by atoms with Crippen LogP contribution in [0, 0.1) is 0 Å². The van der Waals surface area contributed by atoms with E-state index in [1.807, 2.05) is 0 Å². The maximum Gasteiger partial charge on any atom is 0.261 e. The van der Waals surface area contributed by atoms with Crippen LogP contribution in [0.2, 0.25) is 0 Å². The number of amides is 1. The Morgan fingerprint density at radius 2 is 2.08 bits per heavy atom. The molecule has 0 fully saturated rings. The van der Waals surface area contributed by atoms with Gasteiger partial charge in [0.25, 0.3) is 5.91 Å². The van der Waals surface area contributed by atoms with E-state index in [0.29, 0.717) is 17.1 Å². The van der Waals surface area contributed by atoms with Crippen LogP contribution in [0.15, 0.2) is 10.6 Å². The Hall–Kier alpha value is -0.680. The second-order valence-corrected chi connectivity index (χ2v) is 3.27. The van der Waals surface area contributed by atoms with Gasteiger partial charge < -0.3 is 15.3 Å². The predicted octanol–water partition coefficient (Wildman–Crippen LogP) is -0.182. The molecule has 0 radical (unpaired) electrons. The molecule has 0 saturated heterocycles. The summed E-state index contributed by atoms with van der Waals surface area (Å²) < 4.78 is 0. The molecule has 0 aromatic heterocycles. The summed E-state index contributed by atoms with van der Waals surface area (Å²) in [5.74, 6) is -0.147. The van der Waals surface area contributed by atoms with Crippen LogP contribution in [-0.2, 0) is 4.79 Å². The molecule has 0 rings (SSSR count). The van der Waals surface area contributed by atoms with Crippen molar-refractivity contribution in [2.24, 2.45) is 0 Å². The van der Waals surface area contributed by atoms with Crippen LogP contribution >= 0.6 is 12.6 Å². The third-order valence-electron chi connectivity index (χ3n) is 1.47. The molecule has 0 bridgehead atoms. The topological polar surface area (TPSA) is 52.6 Å². The van der Waals surface area contributed by atoms with Crippen molar-refractivity contribution in [2.45, 2.75) is 6.92 Å². The monoisotopic (exact) mass is 204 g/mol. The molecule has 0 heterocycles. The van der Waals surface area contributed by atoms with Crippen LogP contribution in [0.25, 0.3) is 0 Å². The Kier molecular flexibility index (Phi) is 5.57. The third kappa shape index (κ3) is 4.19. The first-order chi connectivity index (χ1) is 6.00. The first-order valence-corrected chi connectivity index (χ1v) is 4.41. The number of allylic oxidation sites excluding steroid dienone is 1. The molecule has 13 heavy (non-hydrogen) atoms. The van der Waals surface area contributed by atoms with Crippen molar-refractivity contribution < 1.29 is 9.90 Å². The molecule has 76 valence electrons. The maximum atomic E-state index is 11.3. The lowest BCUT2D eigenvalue weighted by Gasteiger charge is -2.13. The number of aliphatic hydroxyl groups excluding tert-OH is 1. The van der Waals surface area contributed by atoms with Crippen LogP contribution < -0.4 is 5.32 Å². The number of carbonyl (C=O) groups excluding carboxylic acids is 1. The first kappa shape index (κ1) is 12.3. The van der Waals surface area contributed by atoms with E-state index in [9.17, 15) is 4.79 Å². The average Bonchev–Trinajstić information content (AvgIpc) is 2.11. The molecule has 4 nitrogen and oxygen atoms in total. The number of hydrogen-bond acceptors (Lipinski definition) is 4. The first-order valence-electron chi connectivity index (χ1n) is 3.97. The molecule has 0 atom stereocenters. The Labute approximate surface area is 84.0 Å². The van der Waals surface area contributed by atoms with Gasteiger partial charge in [-0.3, -0.25) is 4.79 Å². The molecule has 5 heteroatoms. The van der Waals surface area contributed by atoms with Gasteiger partial charge in [0.05, 0.1) is 11.5 Å². The second-order valence-electron chi connectivity index (χ2n) is 2.82. The van der Waals surface area contributed by atoms with E-state index in [2.05, 4.69) is 17.9 Å². The van der Waals surface area contributed by atoms with Gasteiger partial charge in [0.15, 0.2) is 0 Å². The molecule has 0 aliphatic heterocycles. The number of nitrogens with one attached hydrogen (secondary N) is 1. The van der Waals surface area contributed by atoms with E-state index in [4.69, 9.17) is 5.11 Å². The molecular weight excluding hydrogens is 188 g/mol. The van der Waals surface area contributed by atoms with Crippen LogP contribution in [0.1, 0.15) is 6.92 Å². The largest absolute Gasteiger partial charge is 0.395 e. The molecule has 0 spiro atoms. The highest BCUT2D eigenvalue weighted by Crippen LogP contribution is 2.08. The minimum Gasteiger partial charge on any atom is -0.395 e. The quantitative estimate of drug-likeness (QED) is 0.440. The van der Waals surface area contributed by atoms with Crippen LogP contribution in [-0.4, -0.2) is 43.2 Å². The Morgan fingerprint density at radius 3 is 2.46 bits per heavy atom. The van der Waals surface area contributed by atoms with Gasteiger partial charge >= 0.3 is 0 Å². The Balaban J connectivity index is 4.33. The van der Waals surface area contributed by atoms with Crippen molar-refractivity contribution in [3.8, 4) is 0 Å². The van der Waals surface area contributed by atoms with Crippen molar-refractivity contribution in [3.05, 3.63) is 10.6 Å². The lowest BCUT2D eigenvalue weighted by Crippen LogP contribution is -2.25. The van der Waals surface area contributed by atoms with E-state index in [0.717, 1.165) is 0 Å². The fourth-order valence-corrected chi connectivity index (χ4v) is 0.978. The van der Waals surface area contributed by atoms with Gasteiger partial charge in [-0.15, -0.1) is 12.6 Å². The van der Waals surface area contributed by atoms with Crippen LogP contribution in [0.4, 0.5) is 0 Å². The van der Waals surface area contributed by atoms with Gasteiger partial charge in [0, 0.05) is 26.3 Å². The highest BCUT2D eigenvalue weighted by molar-refractivity contribution is 7.85. The molecular formula is C8H16N2O2S. The third-order valence-corrected chi connectivity index (χ3v) is 1.99. The fraction of sp³-hybridized carbons (Fsp3) is 0.625. The predicted molar refractivity (Wildman–Crippen MR) is 55.5 cm³/mol. The van der Waals surface area contributed by atoms with E-state index in [-0.39, 0.29) is 12.5 Å². The number of rotatable bonds is 4. The summed E-state index contributed by atoms with van der Waals surface area (Å²) in [6.07, 6.45) is 0. The summed E-state index contributed by atoms with van der Waals surface area (Å²) in [6, 6.07) is 0. The number of nitrogens with zero attached hydrogens (tertiary/aromatic N) is 1. The zero-order valence-electron chi connectivity index (χ0n) is 8.16. The molecule has 0 aromatic rings. The Morgan fingerprint density at radius 1 is 1.54 bits per heavy atom. The average molecular weight is 204 g/mol. The summed E-state index contributed by atoms with van der Waals surface area (Å²) in [6.45, 7) is 2.21. The zero-order valence-corrected chi connectivity index (χ0v) is 9.06. The molecule has 0 unspecified atom stereocenters. The fourth-order valence-electron chi connectivity index (χ4n) is 0.699. The van der Waals surface area contributed by atoms with Gasteiger partial charge in [0.2, 0.25) is 0 Å². The number of carbonyl (C=O) groups is 1. The van der Waals surface area contributed by atoms with Crippen LogP contribution in [0.5, 0.6) is 0 Å². The summed E-state index contributed by atoms with van der Waals surface area (Å²) in [4.78, 5) is 13.2. The minimum atomic E-state index is -0.147. The highest BCUT2D eigenvalue weighted by Gasteiger charge is 2.10. The highest BCUT2D eigenvalue weighted by atomic mass is 32.1. The minimum absolute atomic E-state index is 0.0363. The number of thiol groups is 1. The zero-order chi connectivity index (χ0) is 10.4. The molecule has 0 aliphatic rings. The number of hydrogen-bond donors (Lipinski definition) is 3. The molecule has 1 amide bonds. The van der Waals surface area contributed by atoms with Crippen molar-refractivity contribution in [1.82, 2.24) is 10.2 Å². The van der Waals surface area contributed by atoms with E-state index in [1.54, 1.807) is 21.0 Å². The van der Waals surface area contributed by atoms with Gasteiger partial charge in [-0.2, -0.15) is 0 Å². The smallest absolute Gasteiger partial charge is 0.261 e. The molecule has 0 saturated carbocycles. The van der Waals surface area contributed by atoms with Gasteiger partial charge in [-0.25, -0.2) is 0 Å². The molecule has 0 aliphatic carbocycles. The maximum absolute atomic E-state index is 11.3. The van der Waals surface area contributed by atoms with Gasteiger partial charge in [-0.1, -0.05) is 0 Å². The SMILES string of the molecule is C/C(NCCO)=C(/S)C(=O)N(C)C. The van der Waals surface area contributed by atoms with E-state index in [1.165, 1.54) is 4.90 Å². The van der Waals surface area contributed by atoms with Crippen LogP contribution in [0.3, 0.4) is 0 Å². The summed E-state index contributed by atoms with van der Waals surface area (Å²) in [5, 5.41) is 11.4.